The van der Waals surface area contributed by atoms with Crippen molar-refractivity contribution in [1.82, 2.24) is 20.5 Å². The number of amides is 2. The molecular formula is C15H13N5O3. The third-order valence-electron chi connectivity index (χ3n) is 2.99. The standard InChI is InChI=1S/C15H13N5O3/c21-14(9-17-15(22)12-2-1-7-23-12)18-13-8-11(19-20-13)10-3-5-16-6-4-10/h1-8H,9H2,(H,17,22)(H2,18,19,20,21). The van der Waals surface area contributed by atoms with Crippen molar-refractivity contribution in [3.63, 3.8) is 0 Å². The first kappa shape index (κ1) is 14.5. The van der Waals surface area contributed by atoms with Gasteiger partial charge in [0.25, 0.3) is 5.91 Å². The zero-order valence-electron chi connectivity index (χ0n) is 11.9. The fraction of sp³-hybridized carbons (Fsp3) is 0.0667. The van der Waals surface area contributed by atoms with Gasteiger partial charge in [0.15, 0.2) is 11.6 Å². The van der Waals surface area contributed by atoms with Crippen molar-refractivity contribution in [1.29, 1.82) is 0 Å². The van der Waals surface area contributed by atoms with Gasteiger partial charge < -0.3 is 15.1 Å². The molecule has 0 fully saturated rings. The monoisotopic (exact) mass is 311 g/mol. The molecular weight excluding hydrogens is 298 g/mol. The Labute approximate surface area is 130 Å². The maximum atomic E-state index is 11.8. The van der Waals surface area contributed by atoms with E-state index in [1.165, 1.54) is 12.3 Å². The molecule has 0 aromatic carbocycles. The first-order chi connectivity index (χ1) is 11.2. The van der Waals surface area contributed by atoms with Gasteiger partial charge in [0.2, 0.25) is 5.91 Å². The molecule has 2 amide bonds. The van der Waals surface area contributed by atoms with Gasteiger partial charge in [-0.15, -0.1) is 0 Å². The van der Waals surface area contributed by atoms with Crippen molar-refractivity contribution in [3.05, 3.63) is 54.7 Å². The highest BCUT2D eigenvalue weighted by atomic mass is 16.3. The van der Waals surface area contributed by atoms with Gasteiger partial charge in [-0.3, -0.25) is 19.7 Å². The topological polar surface area (TPSA) is 113 Å². The molecule has 0 atom stereocenters. The van der Waals surface area contributed by atoms with E-state index in [1.807, 2.05) is 12.1 Å². The van der Waals surface area contributed by atoms with Crippen LogP contribution >= 0.6 is 0 Å². The number of nitrogens with one attached hydrogen (secondary N) is 3. The fourth-order valence-corrected chi connectivity index (χ4v) is 1.91. The zero-order valence-corrected chi connectivity index (χ0v) is 11.9. The molecule has 0 aliphatic heterocycles. The van der Waals surface area contributed by atoms with Crippen LogP contribution in [0.5, 0.6) is 0 Å². The minimum atomic E-state index is -0.454. The van der Waals surface area contributed by atoms with Gasteiger partial charge in [-0.25, -0.2) is 0 Å². The maximum Gasteiger partial charge on any atom is 0.287 e. The van der Waals surface area contributed by atoms with Crippen LogP contribution in [0.4, 0.5) is 5.82 Å². The molecule has 0 saturated carbocycles. The van der Waals surface area contributed by atoms with E-state index < -0.39 is 11.8 Å². The van der Waals surface area contributed by atoms with Crippen LogP contribution in [0.25, 0.3) is 11.3 Å². The van der Waals surface area contributed by atoms with Crippen LogP contribution < -0.4 is 10.6 Å². The number of anilines is 1. The summed E-state index contributed by atoms with van der Waals surface area (Å²) in [5, 5.41) is 11.9. The lowest BCUT2D eigenvalue weighted by molar-refractivity contribution is -0.115. The Morgan fingerprint density at radius 3 is 2.78 bits per heavy atom. The average Bonchev–Trinajstić information content (AvgIpc) is 3.25. The number of aromatic amines is 1. The van der Waals surface area contributed by atoms with E-state index in [1.54, 1.807) is 24.5 Å². The Kier molecular flexibility index (Phi) is 4.14. The molecule has 0 aliphatic carbocycles. The summed E-state index contributed by atoms with van der Waals surface area (Å²) < 4.78 is 4.93. The summed E-state index contributed by atoms with van der Waals surface area (Å²) in [7, 11) is 0. The van der Waals surface area contributed by atoms with E-state index >= 15 is 0 Å². The first-order valence-electron chi connectivity index (χ1n) is 6.80. The molecule has 0 bridgehead atoms. The van der Waals surface area contributed by atoms with Crippen LogP contribution in [0, 0.1) is 0 Å². The van der Waals surface area contributed by atoms with E-state index in [9.17, 15) is 9.59 Å². The highest BCUT2D eigenvalue weighted by molar-refractivity contribution is 5.97. The highest BCUT2D eigenvalue weighted by Gasteiger charge is 2.11. The number of pyridine rings is 1. The van der Waals surface area contributed by atoms with Crippen molar-refractivity contribution >= 4 is 17.6 Å². The number of carbonyl (C=O) groups is 2. The summed E-state index contributed by atoms with van der Waals surface area (Å²) in [6.07, 6.45) is 4.72. The number of H-pyrrole nitrogens is 1. The predicted molar refractivity (Wildman–Crippen MR) is 81.5 cm³/mol. The Bertz CT molecular complexity index is 796. The molecule has 23 heavy (non-hydrogen) atoms. The lowest BCUT2D eigenvalue weighted by atomic mass is 10.2. The smallest absolute Gasteiger partial charge is 0.287 e. The molecule has 8 nitrogen and oxygen atoms in total. The van der Waals surface area contributed by atoms with E-state index in [0.29, 0.717) is 5.82 Å². The van der Waals surface area contributed by atoms with Gasteiger partial charge in [-0.1, -0.05) is 0 Å². The molecule has 0 saturated heterocycles. The normalized spacial score (nSPS) is 10.3. The molecule has 3 aromatic rings. The van der Waals surface area contributed by atoms with Gasteiger partial charge in [-0.05, 0) is 24.3 Å². The van der Waals surface area contributed by atoms with Crippen LogP contribution in [-0.2, 0) is 4.79 Å². The predicted octanol–water partition coefficient (Wildman–Crippen LogP) is 1.43. The molecule has 0 radical (unpaired) electrons. The van der Waals surface area contributed by atoms with Gasteiger partial charge in [0.05, 0.1) is 18.5 Å². The molecule has 8 heteroatoms. The van der Waals surface area contributed by atoms with E-state index in [4.69, 9.17) is 4.42 Å². The van der Waals surface area contributed by atoms with Gasteiger partial charge in [0, 0.05) is 24.0 Å². The van der Waals surface area contributed by atoms with Crippen LogP contribution in [0.2, 0.25) is 0 Å². The highest BCUT2D eigenvalue weighted by Crippen LogP contribution is 2.18. The SMILES string of the molecule is O=C(CNC(=O)c1ccco1)Nc1cc(-c2ccncc2)[nH]n1. The molecule has 3 aromatic heterocycles. The van der Waals surface area contributed by atoms with Gasteiger partial charge >= 0.3 is 0 Å². The van der Waals surface area contributed by atoms with Crippen molar-refractivity contribution in [2.45, 2.75) is 0 Å². The van der Waals surface area contributed by atoms with Crippen molar-refractivity contribution < 1.29 is 14.0 Å². The number of carbonyl (C=O) groups excluding carboxylic acids is 2. The van der Waals surface area contributed by atoms with E-state index in [2.05, 4.69) is 25.8 Å². The minimum absolute atomic E-state index is 0.151. The first-order valence-corrected chi connectivity index (χ1v) is 6.80. The van der Waals surface area contributed by atoms with E-state index in [0.717, 1.165) is 11.3 Å². The quantitative estimate of drug-likeness (QED) is 0.660. The third-order valence-corrected chi connectivity index (χ3v) is 2.99. The molecule has 0 aliphatic rings. The number of hydrogen-bond acceptors (Lipinski definition) is 5. The van der Waals surface area contributed by atoms with Gasteiger partial charge in [0.1, 0.15) is 0 Å². The van der Waals surface area contributed by atoms with Crippen molar-refractivity contribution in [2.75, 3.05) is 11.9 Å². The number of aromatic nitrogens is 3. The summed E-state index contributed by atoms with van der Waals surface area (Å²) in [6.45, 7) is -0.184. The molecule has 3 rings (SSSR count). The Morgan fingerprint density at radius 2 is 2.04 bits per heavy atom. The molecule has 116 valence electrons. The van der Waals surface area contributed by atoms with Crippen LogP contribution in [0.15, 0.2) is 53.4 Å². The molecule has 3 heterocycles. The third kappa shape index (κ3) is 3.62. The average molecular weight is 311 g/mol. The maximum absolute atomic E-state index is 11.8. The second-order valence-corrected chi connectivity index (χ2v) is 4.61. The van der Waals surface area contributed by atoms with Crippen LogP contribution in [-0.4, -0.2) is 33.5 Å². The minimum Gasteiger partial charge on any atom is -0.459 e. The summed E-state index contributed by atoms with van der Waals surface area (Å²) in [5.41, 5.74) is 1.65. The Morgan fingerprint density at radius 1 is 1.22 bits per heavy atom. The van der Waals surface area contributed by atoms with E-state index in [-0.39, 0.29) is 12.3 Å². The number of nitrogens with zero attached hydrogens (tertiary/aromatic N) is 2. The Balaban J connectivity index is 1.54. The van der Waals surface area contributed by atoms with Crippen molar-refractivity contribution in [3.8, 4) is 11.3 Å². The summed E-state index contributed by atoms with van der Waals surface area (Å²) in [6, 6.07) is 8.45. The second kappa shape index (κ2) is 6.56. The summed E-state index contributed by atoms with van der Waals surface area (Å²) in [5.74, 6) is -0.325. The lowest BCUT2D eigenvalue weighted by Gasteiger charge is -2.03. The summed E-state index contributed by atoms with van der Waals surface area (Å²) in [4.78, 5) is 27.4. The lowest BCUT2D eigenvalue weighted by Crippen LogP contribution is -2.32. The molecule has 0 spiro atoms. The molecule has 0 unspecified atom stereocenters. The fourth-order valence-electron chi connectivity index (χ4n) is 1.91. The van der Waals surface area contributed by atoms with Crippen LogP contribution in [0.1, 0.15) is 10.6 Å². The molecule has 3 N–H and O–H groups in total. The number of furan rings is 1. The zero-order chi connectivity index (χ0) is 16.1. The Hall–Kier alpha value is -3.42. The largest absolute Gasteiger partial charge is 0.459 e. The number of rotatable bonds is 5. The second-order valence-electron chi connectivity index (χ2n) is 4.61. The van der Waals surface area contributed by atoms with Crippen LogP contribution in [0.3, 0.4) is 0 Å². The number of hydrogen-bond donors (Lipinski definition) is 3. The van der Waals surface area contributed by atoms with Crippen molar-refractivity contribution in [2.24, 2.45) is 0 Å². The summed E-state index contributed by atoms with van der Waals surface area (Å²) >= 11 is 0. The van der Waals surface area contributed by atoms with Gasteiger partial charge in [-0.2, -0.15) is 5.10 Å².